The fourth-order valence-electron chi connectivity index (χ4n) is 2.36. The van der Waals surface area contributed by atoms with Crippen molar-refractivity contribution >= 4 is 5.69 Å². The molecule has 0 radical (unpaired) electrons. The van der Waals surface area contributed by atoms with Gasteiger partial charge in [0.15, 0.2) is 0 Å². The Morgan fingerprint density at radius 3 is 3.00 bits per heavy atom. The van der Waals surface area contributed by atoms with Crippen LogP contribution in [0.15, 0.2) is 24.3 Å². The van der Waals surface area contributed by atoms with E-state index in [1.807, 2.05) is 0 Å². The molecule has 1 aliphatic rings. The largest absolute Gasteiger partial charge is 0.382 e. The fourth-order valence-corrected chi connectivity index (χ4v) is 2.36. The van der Waals surface area contributed by atoms with Crippen LogP contribution in [-0.4, -0.2) is 6.04 Å². The van der Waals surface area contributed by atoms with E-state index in [1.54, 1.807) is 0 Å². The first-order valence-electron chi connectivity index (χ1n) is 6.24. The molecule has 0 spiro atoms. The molecule has 0 saturated carbocycles. The van der Waals surface area contributed by atoms with E-state index >= 15 is 0 Å². The van der Waals surface area contributed by atoms with Crippen LogP contribution in [0.25, 0.3) is 0 Å². The molecule has 1 aliphatic heterocycles. The number of nitrogens with one attached hydrogen (secondary N) is 1. The van der Waals surface area contributed by atoms with E-state index in [4.69, 9.17) is 0 Å². The summed E-state index contributed by atoms with van der Waals surface area (Å²) in [5, 5.41) is 3.66. The van der Waals surface area contributed by atoms with Crippen molar-refractivity contribution in [2.75, 3.05) is 5.32 Å². The van der Waals surface area contributed by atoms with Gasteiger partial charge in [-0.2, -0.15) is 0 Å². The minimum absolute atomic E-state index is 0.714. The Morgan fingerprint density at radius 1 is 1.27 bits per heavy atom. The van der Waals surface area contributed by atoms with Crippen LogP contribution in [0.4, 0.5) is 5.69 Å². The van der Waals surface area contributed by atoms with Gasteiger partial charge in [0.25, 0.3) is 0 Å². The number of rotatable bonds is 4. The molecule has 0 fully saturated rings. The van der Waals surface area contributed by atoms with Crippen molar-refractivity contribution in [2.45, 2.75) is 51.5 Å². The average molecular weight is 203 g/mol. The van der Waals surface area contributed by atoms with Crippen LogP contribution < -0.4 is 5.32 Å². The van der Waals surface area contributed by atoms with E-state index < -0.39 is 0 Å². The third-order valence-corrected chi connectivity index (χ3v) is 3.30. The van der Waals surface area contributed by atoms with Gasteiger partial charge < -0.3 is 5.32 Å². The van der Waals surface area contributed by atoms with E-state index in [9.17, 15) is 0 Å². The van der Waals surface area contributed by atoms with Crippen LogP contribution in [0.3, 0.4) is 0 Å². The molecular formula is C14H21N. The molecule has 1 N–H and O–H groups in total. The maximum atomic E-state index is 3.66. The van der Waals surface area contributed by atoms with Crippen molar-refractivity contribution in [2.24, 2.45) is 0 Å². The van der Waals surface area contributed by atoms with E-state index in [2.05, 4.69) is 36.5 Å². The lowest BCUT2D eigenvalue weighted by Gasteiger charge is -2.27. The molecule has 0 bridgehead atoms. The molecule has 0 aliphatic carbocycles. The zero-order valence-corrected chi connectivity index (χ0v) is 9.63. The fraction of sp³-hybridized carbons (Fsp3) is 0.571. The third-order valence-electron chi connectivity index (χ3n) is 3.30. The monoisotopic (exact) mass is 203 g/mol. The lowest BCUT2D eigenvalue weighted by atomic mass is 9.95. The van der Waals surface area contributed by atoms with Crippen LogP contribution >= 0.6 is 0 Å². The Morgan fingerprint density at radius 2 is 2.13 bits per heavy atom. The Bertz CT molecular complexity index is 306. The van der Waals surface area contributed by atoms with E-state index in [0.29, 0.717) is 6.04 Å². The molecule has 82 valence electrons. The van der Waals surface area contributed by atoms with Crippen LogP contribution in [0.2, 0.25) is 0 Å². The van der Waals surface area contributed by atoms with Gasteiger partial charge in [-0.05, 0) is 30.9 Å². The van der Waals surface area contributed by atoms with Crippen LogP contribution in [0.1, 0.15) is 44.6 Å². The van der Waals surface area contributed by atoms with Crippen molar-refractivity contribution in [1.29, 1.82) is 0 Å². The van der Waals surface area contributed by atoms with Gasteiger partial charge in [0.05, 0.1) is 0 Å². The highest BCUT2D eigenvalue weighted by atomic mass is 14.9. The van der Waals surface area contributed by atoms with Crippen molar-refractivity contribution in [3.8, 4) is 0 Å². The Kier molecular flexibility index (Phi) is 3.65. The second-order valence-corrected chi connectivity index (χ2v) is 4.53. The molecular weight excluding hydrogens is 182 g/mol. The highest BCUT2D eigenvalue weighted by molar-refractivity contribution is 5.53. The molecule has 1 aromatic carbocycles. The number of para-hydroxylation sites is 1. The maximum Gasteiger partial charge on any atom is 0.0374 e. The van der Waals surface area contributed by atoms with Gasteiger partial charge in [-0.15, -0.1) is 0 Å². The molecule has 1 nitrogen and oxygen atoms in total. The normalized spacial score (nSPS) is 19.4. The van der Waals surface area contributed by atoms with Gasteiger partial charge in [0.1, 0.15) is 0 Å². The van der Waals surface area contributed by atoms with Gasteiger partial charge in [-0.25, -0.2) is 0 Å². The average Bonchev–Trinajstić information content (AvgIpc) is 2.29. The lowest BCUT2D eigenvalue weighted by molar-refractivity contribution is 0.545. The standard InChI is InChI=1S/C14H21N/c1-2-3-4-8-13-11-10-12-7-5-6-9-14(12)15-13/h5-7,9,13,15H,2-4,8,10-11H2,1H3/t13-/m1/s1. The maximum absolute atomic E-state index is 3.66. The molecule has 0 aromatic heterocycles. The topological polar surface area (TPSA) is 12.0 Å². The number of aryl methyl sites for hydroxylation is 1. The molecule has 15 heavy (non-hydrogen) atoms. The Labute approximate surface area is 92.9 Å². The summed E-state index contributed by atoms with van der Waals surface area (Å²) in [6.07, 6.45) is 7.96. The highest BCUT2D eigenvalue weighted by Gasteiger charge is 2.15. The van der Waals surface area contributed by atoms with Crippen LogP contribution in [0.5, 0.6) is 0 Å². The van der Waals surface area contributed by atoms with Crippen LogP contribution in [-0.2, 0) is 6.42 Å². The predicted octanol–water partition coefficient (Wildman–Crippen LogP) is 3.99. The first kappa shape index (κ1) is 10.5. The number of fused-ring (bicyclic) bond motifs is 1. The quantitative estimate of drug-likeness (QED) is 0.729. The number of benzene rings is 1. The van der Waals surface area contributed by atoms with Crippen molar-refractivity contribution < 1.29 is 0 Å². The summed E-state index contributed by atoms with van der Waals surface area (Å²) in [5.41, 5.74) is 2.86. The second-order valence-electron chi connectivity index (χ2n) is 4.53. The SMILES string of the molecule is CCCCC[C@@H]1CCc2ccccc2N1. The van der Waals surface area contributed by atoms with Gasteiger partial charge in [0.2, 0.25) is 0 Å². The minimum atomic E-state index is 0.714. The summed E-state index contributed by atoms with van der Waals surface area (Å²) >= 11 is 0. The van der Waals surface area contributed by atoms with E-state index in [1.165, 1.54) is 49.8 Å². The number of hydrogen-bond donors (Lipinski definition) is 1. The molecule has 0 saturated heterocycles. The molecule has 1 atom stereocenters. The van der Waals surface area contributed by atoms with E-state index in [-0.39, 0.29) is 0 Å². The summed E-state index contributed by atoms with van der Waals surface area (Å²) < 4.78 is 0. The van der Waals surface area contributed by atoms with Gasteiger partial charge in [-0.1, -0.05) is 44.4 Å². The predicted molar refractivity (Wildman–Crippen MR) is 66.3 cm³/mol. The Balaban J connectivity index is 1.88. The zero-order chi connectivity index (χ0) is 10.5. The summed E-state index contributed by atoms with van der Waals surface area (Å²) in [5.74, 6) is 0. The summed E-state index contributed by atoms with van der Waals surface area (Å²) in [4.78, 5) is 0. The first-order chi connectivity index (χ1) is 7.40. The molecule has 1 heterocycles. The number of hydrogen-bond acceptors (Lipinski definition) is 1. The van der Waals surface area contributed by atoms with Gasteiger partial charge in [-0.3, -0.25) is 0 Å². The Hall–Kier alpha value is -0.980. The smallest absolute Gasteiger partial charge is 0.0374 e. The third kappa shape index (κ3) is 2.74. The molecule has 0 amide bonds. The lowest BCUT2D eigenvalue weighted by Crippen LogP contribution is -2.25. The van der Waals surface area contributed by atoms with E-state index in [0.717, 1.165) is 0 Å². The first-order valence-corrected chi connectivity index (χ1v) is 6.24. The zero-order valence-electron chi connectivity index (χ0n) is 9.63. The highest BCUT2D eigenvalue weighted by Crippen LogP contribution is 2.26. The summed E-state index contributed by atoms with van der Waals surface area (Å²) in [6.45, 7) is 2.27. The van der Waals surface area contributed by atoms with Crippen molar-refractivity contribution in [1.82, 2.24) is 0 Å². The van der Waals surface area contributed by atoms with Crippen molar-refractivity contribution in [3.05, 3.63) is 29.8 Å². The summed E-state index contributed by atoms with van der Waals surface area (Å²) in [6, 6.07) is 9.43. The van der Waals surface area contributed by atoms with Gasteiger partial charge >= 0.3 is 0 Å². The number of anilines is 1. The number of unbranched alkanes of at least 4 members (excludes halogenated alkanes) is 2. The summed E-state index contributed by atoms with van der Waals surface area (Å²) in [7, 11) is 0. The molecule has 1 heteroatoms. The van der Waals surface area contributed by atoms with Crippen LogP contribution in [0, 0.1) is 0 Å². The molecule has 2 rings (SSSR count). The minimum Gasteiger partial charge on any atom is -0.382 e. The van der Waals surface area contributed by atoms with Gasteiger partial charge in [0, 0.05) is 11.7 Å². The van der Waals surface area contributed by atoms with Crippen molar-refractivity contribution in [3.63, 3.8) is 0 Å². The second kappa shape index (κ2) is 5.20. The molecule has 0 unspecified atom stereocenters. The molecule has 1 aromatic rings.